The van der Waals surface area contributed by atoms with Crippen molar-refractivity contribution in [3.05, 3.63) is 107 Å². The van der Waals surface area contributed by atoms with Crippen LogP contribution < -0.4 is 30.7 Å². The van der Waals surface area contributed by atoms with Crippen LogP contribution in [-0.4, -0.2) is 91.7 Å². The minimum atomic E-state index is -0.527. The number of fused-ring (bicyclic) bond motifs is 3. The van der Waals surface area contributed by atoms with Crippen molar-refractivity contribution in [2.45, 2.75) is 45.2 Å². The molecule has 2 aliphatic rings. The molecule has 324 valence electrons. The van der Waals surface area contributed by atoms with Crippen molar-refractivity contribution in [2.24, 2.45) is 19.1 Å². The number of ether oxygens (including phenoxy) is 2. The van der Waals surface area contributed by atoms with E-state index < -0.39 is 11.8 Å². The number of nitrogens with zero attached hydrogens (tertiary/aromatic N) is 6. The lowest BCUT2D eigenvalue weighted by molar-refractivity contribution is -0.116. The SMILES string of the molecule is C=C1C[C@H]2C=Nc3cc(OCCCC(=O)Nc4nc(C(=O)Nc5cc(C(=O)Nc6cc(C(=O)n7ccc8cc(NC(C)C)ccc87)n(C)c6)n(C)c5)cs4)c(OC)cc3C(=O)N2C1. The van der Waals surface area contributed by atoms with Crippen LogP contribution in [0.1, 0.15) is 74.9 Å². The number of rotatable bonds is 14. The summed E-state index contributed by atoms with van der Waals surface area (Å²) >= 11 is 1.10. The van der Waals surface area contributed by atoms with Crippen LogP contribution in [0.2, 0.25) is 0 Å². The van der Waals surface area contributed by atoms with Crippen LogP contribution in [0.5, 0.6) is 11.5 Å². The van der Waals surface area contributed by atoms with Crippen LogP contribution >= 0.6 is 11.3 Å². The summed E-state index contributed by atoms with van der Waals surface area (Å²) < 4.78 is 16.3. The molecule has 0 saturated carbocycles. The number of benzene rings is 2. The fourth-order valence-electron chi connectivity index (χ4n) is 7.60. The Balaban J connectivity index is 0.819. The Morgan fingerprint density at radius 1 is 0.921 bits per heavy atom. The van der Waals surface area contributed by atoms with Gasteiger partial charge in [-0.2, -0.15) is 0 Å². The Kier molecular flexibility index (Phi) is 11.7. The second-order valence-corrected chi connectivity index (χ2v) is 16.6. The van der Waals surface area contributed by atoms with Crippen LogP contribution in [0.4, 0.5) is 27.9 Å². The van der Waals surface area contributed by atoms with Crippen molar-refractivity contribution in [3.8, 4) is 11.5 Å². The second kappa shape index (κ2) is 17.5. The molecule has 18 heteroatoms. The van der Waals surface area contributed by atoms with Gasteiger partial charge in [-0.1, -0.05) is 12.2 Å². The number of thiazole rings is 1. The predicted octanol–water partition coefficient (Wildman–Crippen LogP) is 7.08. The Morgan fingerprint density at radius 2 is 1.67 bits per heavy atom. The zero-order valence-electron chi connectivity index (χ0n) is 35.4. The minimum absolute atomic E-state index is 0.0833. The fourth-order valence-corrected chi connectivity index (χ4v) is 8.30. The highest BCUT2D eigenvalue weighted by atomic mass is 32.1. The number of aromatic nitrogens is 4. The molecule has 6 aromatic rings. The van der Waals surface area contributed by atoms with Crippen molar-refractivity contribution < 1.29 is 33.4 Å². The molecule has 1 saturated heterocycles. The molecule has 4 aromatic heterocycles. The Hall–Kier alpha value is -7.47. The number of aliphatic imine (C=N–C) groups is 1. The summed E-state index contributed by atoms with van der Waals surface area (Å²) in [7, 11) is 4.90. The van der Waals surface area contributed by atoms with E-state index in [0.717, 1.165) is 33.5 Å². The monoisotopic (exact) mass is 870 g/mol. The quantitative estimate of drug-likeness (QED) is 0.0654. The number of methoxy groups -OCH3 is 1. The maximum atomic E-state index is 13.6. The third-order valence-corrected chi connectivity index (χ3v) is 11.3. The first-order chi connectivity index (χ1) is 30.2. The van der Waals surface area contributed by atoms with E-state index in [1.54, 1.807) is 75.7 Å². The minimum Gasteiger partial charge on any atom is -0.493 e. The van der Waals surface area contributed by atoms with E-state index in [-0.39, 0.29) is 59.4 Å². The summed E-state index contributed by atoms with van der Waals surface area (Å²) in [5.74, 6) is -0.889. The maximum absolute atomic E-state index is 13.6. The molecule has 0 spiro atoms. The van der Waals surface area contributed by atoms with Crippen molar-refractivity contribution >= 4 is 85.9 Å². The lowest BCUT2D eigenvalue weighted by Crippen LogP contribution is -2.35. The van der Waals surface area contributed by atoms with Crippen LogP contribution in [0.3, 0.4) is 0 Å². The standard InChI is InChI=1S/C45H46N10O7S/c1-25(2)47-28-9-10-35-27(15-28)11-12-54(35)44(60)37-17-30(23-53(37)5)49-42(58)36-16-29(22-52(36)4)48-41(57)34-24-63-45(50-34)51-40(56)8-7-13-62-39-19-33-32(18-38(39)61-6)43(59)55-21-26(3)14-31(55)20-46-33/h9-12,15-20,22-25,31,47H,3,7-8,13-14,21H2,1-2,4-6H3,(H,48,57)(H,49,58)(H,50,51,56)/t31-/m0/s1. The van der Waals surface area contributed by atoms with E-state index in [2.05, 4.69) is 51.7 Å². The van der Waals surface area contributed by atoms with Gasteiger partial charge in [0.25, 0.3) is 23.6 Å². The van der Waals surface area contributed by atoms with E-state index in [1.807, 2.05) is 24.3 Å². The molecule has 0 radical (unpaired) electrons. The van der Waals surface area contributed by atoms with Crippen LogP contribution in [0.25, 0.3) is 10.9 Å². The molecule has 0 unspecified atom stereocenters. The topological polar surface area (TPSA) is 195 Å². The van der Waals surface area contributed by atoms with Crippen molar-refractivity contribution in [1.29, 1.82) is 0 Å². The first-order valence-corrected chi connectivity index (χ1v) is 21.1. The van der Waals surface area contributed by atoms with Gasteiger partial charge in [0.05, 0.1) is 47.9 Å². The number of carbonyl (C=O) groups is 5. The number of amides is 4. The van der Waals surface area contributed by atoms with Gasteiger partial charge in [-0.15, -0.1) is 11.3 Å². The zero-order chi connectivity index (χ0) is 44.5. The van der Waals surface area contributed by atoms with Crippen LogP contribution in [-0.2, 0) is 18.9 Å². The van der Waals surface area contributed by atoms with Gasteiger partial charge in [0.15, 0.2) is 16.6 Å². The second-order valence-electron chi connectivity index (χ2n) is 15.7. The van der Waals surface area contributed by atoms with Gasteiger partial charge in [0.2, 0.25) is 5.91 Å². The molecule has 0 aliphatic carbocycles. The van der Waals surface area contributed by atoms with Gasteiger partial charge >= 0.3 is 0 Å². The number of hydrogen-bond acceptors (Lipinski definition) is 11. The molecule has 0 bridgehead atoms. The van der Waals surface area contributed by atoms with E-state index >= 15 is 0 Å². The molecule has 63 heavy (non-hydrogen) atoms. The molecule has 2 aromatic carbocycles. The van der Waals surface area contributed by atoms with Gasteiger partial charge < -0.3 is 44.8 Å². The van der Waals surface area contributed by atoms with E-state index in [4.69, 9.17) is 9.47 Å². The first kappa shape index (κ1) is 42.2. The summed E-state index contributed by atoms with van der Waals surface area (Å²) in [6.07, 6.45) is 7.90. The number of hydrogen-bond donors (Lipinski definition) is 4. The van der Waals surface area contributed by atoms with Crippen LogP contribution in [0.15, 0.2) is 89.6 Å². The molecule has 1 atom stereocenters. The van der Waals surface area contributed by atoms with Gasteiger partial charge in [-0.05, 0) is 69.2 Å². The summed E-state index contributed by atoms with van der Waals surface area (Å²) in [5, 5.41) is 14.4. The summed E-state index contributed by atoms with van der Waals surface area (Å²) in [6.45, 7) is 8.81. The lowest BCUT2D eigenvalue weighted by atomic mass is 10.1. The highest BCUT2D eigenvalue weighted by Crippen LogP contribution is 2.38. The Bertz CT molecular complexity index is 2850. The third kappa shape index (κ3) is 8.97. The molecule has 1 fully saturated rings. The normalized spacial score (nSPS) is 14.4. The van der Waals surface area contributed by atoms with E-state index in [9.17, 15) is 24.0 Å². The number of anilines is 4. The van der Waals surface area contributed by atoms with Gasteiger partial charge in [-0.25, -0.2) is 4.98 Å². The zero-order valence-corrected chi connectivity index (χ0v) is 36.2. The summed E-state index contributed by atoms with van der Waals surface area (Å²) in [4.78, 5) is 76.7. The van der Waals surface area contributed by atoms with Gasteiger partial charge in [0.1, 0.15) is 17.1 Å². The number of nitrogens with one attached hydrogen (secondary N) is 4. The third-order valence-electron chi connectivity index (χ3n) is 10.6. The molecule has 4 amide bonds. The highest BCUT2D eigenvalue weighted by Gasteiger charge is 2.34. The summed E-state index contributed by atoms with van der Waals surface area (Å²) in [5.41, 5.74) is 5.12. The number of aryl methyl sites for hydroxylation is 2. The molecular weight excluding hydrogens is 825 g/mol. The van der Waals surface area contributed by atoms with Crippen LogP contribution in [0, 0.1) is 0 Å². The van der Waals surface area contributed by atoms with Gasteiger partial charge in [-0.3, -0.25) is 33.5 Å². The molecule has 2 aliphatic heterocycles. The number of carbonyl (C=O) groups excluding carboxylic acids is 5. The molecule has 17 nitrogen and oxygen atoms in total. The molecular formula is C45H46N10O7S. The summed E-state index contributed by atoms with van der Waals surface area (Å²) in [6, 6.07) is 14.3. The van der Waals surface area contributed by atoms with Crippen molar-refractivity contribution in [2.75, 3.05) is 41.5 Å². The average Bonchev–Trinajstić information content (AvgIpc) is 4.08. The predicted molar refractivity (Wildman–Crippen MR) is 242 cm³/mol. The fraction of sp³-hybridized carbons (Fsp3) is 0.267. The van der Waals surface area contributed by atoms with E-state index in [1.165, 1.54) is 18.6 Å². The Labute approximate surface area is 366 Å². The maximum Gasteiger partial charge on any atom is 0.279 e. The van der Waals surface area contributed by atoms with Crippen molar-refractivity contribution in [1.82, 2.24) is 23.6 Å². The largest absolute Gasteiger partial charge is 0.493 e. The molecule has 8 rings (SSSR count). The first-order valence-electron chi connectivity index (χ1n) is 20.2. The highest BCUT2D eigenvalue weighted by molar-refractivity contribution is 7.14. The molecule has 4 N–H and O–H groups in total. The molecule has 6 heterocycles. The smallest absolute Gasteiger partial charge is 0.279 e. The Morgan fingerprint density at radius 3 is 2.43 bits per heavy atom. The van der Waals surface area contributed by atoms with Gasteiger partial charge in [0, 0.05) is 80.4 Å². The van der Waals surface area contributed by atoms with Crippen molar-refractivity contribution in [3.63, 3.8) is 0 Å². The van der Waals surface area contributed by atoms with E-state index in [0.29, 0.717) is 59.2 Å². The lowest BCUT2D eigenvalue weighted by Gasteiger charge is -2.20. The average molecular weight is 871 g/mol.